The van der Waals surface area contributed by atoms with Crippen molar-refractivity contribution < 1.29 is 0 Å². The van der Waals surface area contributed by atoms with E-state index in [1.54, 1.807) is 0 Å². The molecule has 1 N–H and O–H groups in total. The molecule has 0 spiro atoms. The van der Waals surface area contributed by atoms with Crippen LogP contribution in [0.25, 0.3) is 0 Å². The van der Waals surface area contributed by atoms with Gasteiger partial charge in [-0.05, 0) is 25.7 Å². The van der Waals surface area contributed by atoms with E-state index in [9.17, 15) is 0 Å². The zero-order valence-corrected chi connectivity index (χ0v) is 18.0. The van der Waals surface area contributed by atoms with Gasteiger partial charge in [0.05, 0.1) is 0 Å². The Labute approximate surface area is 166 Å². The Morgan fingerprint density at radius 1 is 1.38 bits per heavy atom. The zero-order chi connectivity index (χ0) is 16.2. The van der Waals surface area contributed by atoms with Crippen molar-refractivity contribution in [1.29, 1.82) is 0 Å². The van der Waals surface area contributed by atoms with Crippen molar-refractivity contribution >= 4 is 41.7 Å². The minimum absolute atomic E-state index is 0. The number of nitrogens with one attached hydrogen (secondary N) is 1. The van der Waals surface area contributed by atoms with Crippen LogP contribution in [0.3, 0.4) is 0 Å². The van der Waals surface area contributed by atoms with Crippen LogP contribution in [-0.4, -0.2) is 63.3 Å². The first-order valence-corrected chi connectivity index (χ1v) is 9.72. The second-order valence-electron chi connectivity index (χ2n) is 6.45. The second kappa shape index (κ2) is 9.26. The Balaban J connectivity index is 0.00000208. The van der Waals surface area contributed by atoms with E-state index in [1.165, 1.54) is 18.6 Å². The highest BCUT2D eigenvalue weighted by Crippen LogP contribution is 2.22. The molecule has 2 aliphatic heterocycles. The lowest BCUT2D eigenvalue weighted by molar-refractivity contribution is 0.347. The summed E-state index contributed by atoms with van der Waals surface area (Å²) in [6.45, 7) is 8.52. The van der Waals surface area contributed by atoms with Gasteiger partial charge >= 0.3 is 0 Å². The van der Waals surface area contributed by atoms with Gasteiger partial charge in [-0.1, -0.05) is 6.92 Å². The molecule has 0 bridgehead atoms. The van der Waals surface area contributed by atoms with Crippen molar-refractivity contribution in [3.05, 3.63) is 11.6 Å². The summed E-state index contributed by atoms with van der Waals surface area (Å²) < 4.78 is 2.27. The van der Waals surface area contributed by atoms with E-state index in [2.05, 4.69) is 48.7 Å². The largest absolute Gasteiger partial charge is 0.356 e. The third kappa shape index (κ3) is 4.56. The van der Waals surface area contributed by atoms with Crippen molar-refractivity contribution in [2.75, 3.05) is 32.4 Å². The molecule has 0 amide bonds. The van der Waals surface area contributed by atoms with Crippen LogP contribution in [0, 0.1) is 12.8 Å². The van der Waals surface area contributed by atoms with Crippen molar-refractivity contribution in [2.45, 2.75) is 44.9 Å². The van der Waals surface area contributed by atoms with Gasteiger partial charge in [-0.15, -0.1) is 34.2 Å². The molecular weight excluding hydrogens is 435 g/mol. The number of thioether (sulfide) groups is 1. The van der Waals surface area contributed by atoms with E-state index >= 15 is 0 Å². The number of rotatable bonds is 3. The van der Waals surface area contributed by atoms with Gasteiger partial charge in [-0.3, -0.25) is 4.99 Å². The summed E-state index contributed by atoms with van der Waals surface area (Å²) in [4.78, 5) is 6.93. The molecule has 2 aliphatic rings. The van der Waals surface area contributed by atoms with Gasteiger partial charge in [0.25, 0.3) is 0 Å². The van der Waals surface area contributed by atoms with Crippen LogP contribution >= 0.6 is 35.7 Å². The van der Waals surface area contributed by atoms with E-state index < -0.39 is 0 Å². The Morgan fingerprint density at radius 3 is 2.96 bits per heavy atom. The summed E-state index contributed by atoms with van der Waals surface area (Å²) >= 11 is 2.09. The van der Waals surface area contributed by atoms with E-state index in [0.717, 1.165) is 55.5 Å². The summed E-state index contributed by atoms with van der Waals surface area (Å²) in [7, 11) is 1.90. The first kappa shape index (κ1) is 19.8. The molecule has 2 atom stereocenters. The SMILES string of the molecule is CCC1CN(C(=NC)NCC2CCc3nnc(C)n3C2)CCS1.I. The number of hydrogen-bond acceptors (Lipinski definition) is 4. The molecule has 1 aromatic rings. The molecule has 0 aromatic carbocycles. The number of hydrogen-bond donors (Lipinski definition) is 1. The molecule has 3 heterocycles. The molecule has 1 fully saturated rings. The van der Waals surface area contributed by atoms with E-state index in [4.69, 9.17) is 0 Å². The fraction of sp³-hybridized carbons (Fsp3) is 0.812. The van der Waals surface area contributed by atoms with Gasteiger partial charge < -0.3 is 14.8 Å². The van der Waals surface area contributed by atoms with E-state index in [-0.39, 0.29) is 24.0 Å². The molecule has 6 nitrogen and oxygen atoms in total. The van der Waals surface area contributed by atoms with Crippen LogP contribution in [0.15, 0.2) is 4.99 Å². The lowest BCUT2D eigenvalue weighted by Crippen LogP contribution is -2.49. The molecule has 3 rings (SSSR count). The number of fused-ring (bicyclic) bond motifs is 1. The minimum atomic E-state index is 0. The molecular formula is C16H29IN6S. The molecule has 2 unspecified atom stereocenters. The van der Waals surface area contributed by atoms with Crippen molar-refractivity contribution in [3.8, 4) is 0 Å². The average molecular weight is 464 g/mol. The minimum Gasteiger partial charge on any atom is -0.356 e. The maximum atomic E-state index is 4.51. The maximum Gasteiger partial charge on any atom is 0.193 e. The molecule has 1 saturated heterocycles. The monoisotopic (exact) mass is 464 g/mol. The molecule has 8 heteroatoms. The first-order valence-electron chi connectivity index (χ1n) is 8.67. The van der Waals surface area contributed by atoms with Gasteiger partial charge in [0.2, 0.25) is 0 Å². The molecule has 136 valence electrons. The highest BCUT2D eigenvalue weighted by molar-refractivity contribution is 14.0. The Kier molecular flexibility index (Phi) is 7.64. The topological polar surface area (TPSA) is 58.3 Å². The molecule has 0 aliphatic carbocycles. The smallest absolute Gasteiger partial charge is 0.193 e. The van der Waals surface area contributed by atoms with Crippen LogP contribution in [0.4, 0.5) is 0 Å². The number of aryl methyl sites for hydroxylation is 2. The van der Waals surface area contributed by atoms with Gasteiger partial charge in [0, 0.05) is 50.7 Å². The summed E-state index contributed by atoms with van der Waals surface area (Å²) in [5.74, 6) is 5.06. The van der Waals surface area contributed by atoms with E-state index in [0.29, 0.717) is 5.92 Å². The fourth-order valence-corrected chi connectivity index (χ4v) is 4.60. The first-order chi connectivity index (χ1) is 11.2. The Hall–Kier alpha value is -0.510. The van der Waals surface area contributed by atoms with Crippen LogP contribution in [0.1, 0.15) is 31.4 Å². The normalized spacial score (nSPS) is 24.3. The number of halogens is 1. The van der Waals surface area contributed by atoms with Gasteiger partial charge in [0.15, 0.2) is 5.96 Å². The van der Waals surface area contributed by atoms with Crippen LogP contribution in [0.5, 0.6) is 0 Å². The summed E-state index contributed by atoms with van der Waals surface area (Å²) in [6.07, 6.45) is 3.44. The van der Waals surface area contributed by atoms with Gasteiger partial charge in [0.1, 0.15) is 11.6 Å². The standard InChI is InChI=1S/C16H28N6S.HI/c1-4-14-11-21(7-8-23-14)16(17-3)18-9-13-5-6-15-20-19-12(2)22(15)10-13;/h13-14H,4-11H2,1-3H3,(H,17,18);1H. The summed E-state index contributed by atoms with van der Waals surface area (Å²) in [5.41, 5.74) is 0. The highest BCUT2D eigenvalue weighted by atomic mass is 127. The third-order valence-corrected chi connectivity index (χ3v) is 6.26. The highest BCUT2D eigenvalue weighted by Gasteiger charge is 2.24. The van der Waals surface area contributed by atoms with Crippen LogP contribution in [0.2, 0.25) is 0 Å². The van der Waals surface area contributed by atoms with Crippen molar-refractivity contribution in [3.63, 3.8) is 0 Å². The number of aromatic nitrogens is 3. The predicted octanol–water partition coefficient (Wildman–Crippen LogP) is 2.17. The van der Waals surface area contributed by atoms with Gasteiger partial charge in [-0.2, -0.15) is 11.8 Å². The number of aliphatic imine (C=N–C) groups is 1. The average Bonchev–Trinajstić information content (AvgIpc) is 2.96. The molecule has 24 heavy (non-hydrogen) atoms. The number of guanidine groups is 1. The predicted molar refractivity (Wildman–Crippen MR) is 111 cm³/mol. The Bertz CT molecular complexity index is 561. The van der Waals surface area contributed by atoms with Crippen molar-refractivity contribution in [1.82, 2.24) is 25.0 Å². The maximum absolute atomic E-state index is 4.51. The fourth-order valence-electron chi connectivity index (χ4n) is 3.42. The Morgan fingerprint density at radius 2 is 2.21 bits per heavy atom. The summed E-state index contributed by atoms with van der Waals surface area (Å²) in [6, 6.07) is 0. The lowest BCUT2D eigenvalue weighted by atomic mass is 9.99. The zero-order valence-electron chi connectivity index (χ0n) is 14.9. The van der Waals surface area contributed by atoms with E-state index in [1.807, 2.05) is 14.0 Å². The number of nitrogens with zero attached hydrogens (tertiary/aromatic N) is 5. The lowest BCUT2D eigenvalue weighted by Gasteiger charge is -2.35. The molecule has 1 aromatic heterocycles. The van der Waals surface area contributed by atoms with Crippen LogP contribution < -0.4 is 5.32 Å². The second-order valence-corrected chi connectivity index (χ2v) is 7.86. The van der Waals surface area contributed by atoms with Gasteiger partial charge in [-0.25, -0.2) is 0 Å². The molecule has 0 radical (unpaired) electrons. The quantitative estimate of drug-likeness (QED) is 0.422. The van der Waals surface area contributed by atoms with Crippen LogP contribution in [-0.2, 0) is 13.0 Å². The molecule has 0 saturated carbocycles. The third-order valence-electron chi connectivity index (χ3n) is 4.88. The summed E-state index contributed by atoms with van der Waals surface area (Å²) in [5, 5.41) is 12.8. The van der Waals surface area contributed by atoms with Crippen molar-refractivity contribution in [2.24, 2.45) is 10.9 Å².